The highest BCUT2D eigenvalue weighted by Gasteiger charge is 2.32. The van der Waals surface area contributed by atoms with Crippen molar-refractivity contribution in [3.05, 3.63) is 0 Å². The van der Waals surface area contributed by atoms with E-state index >= 15 is 0 Å². The first-order chi connectivity index (χ1) is 8.11. The van der Waals surface area contributed by atoms with Gasteiger partial charge in [0.25, 0.3) is 0 Å². The number of methoxy groups -OCH3 is 1. The second kappa shape index (κ2) is 5.91. The third-order valence-corrected chi connectivity index (χ3v) is 4.85. The Hall–Kier alpha value is 0.230. The SMILES string of the molecule is COCC(CNC1CC1)N1CCSC(C)(C)C1. The van der Waals surface area contributed by atoms with Crippen molar-refractivity contribution in [2.45, 2.75) is 43.5 Å². The Morgan fingerprint density at radius 1 is 1.47 bits per heavy atom. The zero-order valence-electron chi connectivity index (χ0n) is 11.4. The number of hydrogen-bond acceptors (Lipinski definition) is 4. The molecule has 2 aliphatic rings. The number of hydrogen-bond donors (Lipinski definition) is 1. The second-order valence-corrected chi connectivity index (χ2v) is 7.67. The molecule has 0 spiro atoms. The van der Waals surface area contributed by atoms with Crippen LogP contribution in [0.25, 0.3) is 0 Å². The smallest absolute Gasteiger partial charge is 0.0630 e. The molecule has 0 radical (unpaired) electrons. The van der Waals surface area contributed by atoms with Gasteiger partial charge in [-0.05, 0) is 26.7 Å². The fourth-order valence-electron chi connectivity index (χ4n) is 2.44. The van der Waals surface area contributed by atoms with E-state index in [1.807, 2.05) is 7.11 Å². The predicted octanol–water partition coefficient (Wildman–Crippen LogP) is 1.58. The summed E-state index contributed by atoms with van der Waals surface area (Å²) in [6.07, 6.45) is 2.72. The van der Waals surface area contributed by atoms with E-state index in [1.54, 1.807) is 0 Å². The van der Waals surface area contributed by atoms with Gasteiger partial charge < -0.3 is 10.1 Å². The Balaban J connectivity index is 1.84. The van der Waals surface area contributed by atoms with Crippen LogP contribution < -0.4 is 5.32 Å². The minimum Gasteiger partial charge on any atom is -0.383 e. The van der Waals surface area contributed by atoms with Crippen LogP contribution in [0.3, 0.4) is 0 Å². The molecule has 1 aliphatic heterocycles. The van der Waals surface area contributed by atoms with Crippen LogP contribution in [0.15, 0.2) is 0 Å². The van der Waals surface area contributed by atoms with Crippen LogP contribution in [0.2, 0.25) is 0 Å². The van der Waals surface area contributed by atoms with Gasteiger partial charge in [-0.2, -0.15) is 11.8 Å². The second-order valence-electron chi connectivity index (χ2n) is 5.87. The van der Waals surface area contributed by atoms with Gasteiger partial charge in [0.1, 0.15) is 0 Å². The molecule has 0 bridgehead atoms. The summed E-state index contributed by atoms with van der Waals surface area (Å²) in [6, 6.07) is 1.34. The zero-order chi connectivity index (χ0) is 12.3. The molecule has 1 heterocycles. The minimum absolute atomic E-state index is 0.393. The fourth-order valence-corrected chi connectivity index (χ4v) is 3.58. The first kappa shape index (κ1) is 13.7. The average Bonchev–Trinajstić information content (AvgIpc) is 3.06. The summed E-state index contributed by atoms with van der Waals surface area (Å²) in [6.45, 7) is 9.01. The maximum Gasteiger partial charge on any atom is 0.0630 e. The number of thioether (sulfide) groups is 1. The molecule has 0 aromatic carbocycles. The lowest BCUT2D eigenvalue weighted by molar-refractivity contribution is 0.0857. The van der Waals surface area contributed by atoms with Crippen molar-refractivity contribution < 1.29 is 4.74 Å². The molecule has 1 unspecified atom stereocenters. The highest BCUT2D eigenvalue weighted by molar-refractivity contribution is 8.00. The van der Waals surface area contributed by atoms with Gasteiger partial charge in [0.05, 0.1) is 6.61 Å². The molecule has 2 fully saturated rings. The topological polar surface area (TPSA) is 24.5 Å². The van der Waals surface area contributed by atoms with Crippen molar-refractivity contribution in [1.29, 1.82) is 0 Å². The Morgan fingerprint density at radius 3 is 2.82 bits per heavy atom. The maximum atomic E-state index is 5.39. The molecule has 4 heteroatoms. The summed E-state index contributed by atoms with van der Waals surface area (Å²) in [5.74, 6) is 1.25. The third-order valence-electron chi connectivity index (χ3n) is 3.55. The van der Waals surface area contributed by atoms with Crippen molar-refractivity contribution in [2.75, 3.05) is 39.1 Å². The first-order valence-electron chi connectivity index (χ1n) is 6.71. The van der Waals surface area contributed by atoms with Crippen LogP contribution in [-0.2, 0) is 4.74 Å². The summed E-state index contributed by atoms with van der Waals surface area (Å²) in [4.78, 5) is 2.61. The molecule has 1 saturated carbocycles. The lowest BCUT2D eigenvalue weighted by Gasteiger charge is -2.41. The monoisotopic (exact) mass is 258 g/mol. The summed E-state index contributed by atoms with van der Waals surface area (Å²) < 4.78 is 5.78. The largest absolute Gasteiger partial charge is 0.383 e. The molecule has 1 N–H and O–H groups in total. The van der Waals surface area contributed by atoms with Crippen LogP contribution in [0, 0.1) is 0 Å². The van der Waals surface area contributed by atoms with Gasteiger partial charge in [0, 0.05) is 49.3 Å². The van der Waals surface area contributed by atoms with Crippen LogP contribution >= 0.6 is 11.8 Å². The van der Waals surface area contributed by atoms with Crippen molar-refractivity contribution in [1.82, 2.24) is 10.2 Å². The summed E-state index contributed by atoms with van der Waals surface area (Å²) in [5, 5.41) is 3.64. The molecule has 17 heavy (non-hydrogen) atoms. The van der Waals surface area contributed by atoms with Crippen molar-refractivity contribution >= 4 is 11.8 Å². The molecule has 3 nitrogen and oxygen atoms in total. The van der Waals surface area contributed by atoms with Gasteiger partial charge in [-0.1, -0.05) is 0 Å². The molecule has 0 aromatic heterocycles. The molecule has 2 rings (SSSR count). The van der Waals surface area contributed by atoms with Crippen LogP contribution in [-0.4, -0.2) is 60.8 Å². The van der Waals surface area contributed by atoms with Gasteiger partial charge in [0.2, 0.25) is 0 Å². The van der Waals surface area contributed by atoms with Gasteiger partial charge in [-0.25, -0.2) is 0 Å². The molecular weight excluding hydrogens is 232 g/mol. The van der Waals surface area contributed by atoms with E-state index < -0.39 is 0 Å². The minimum atomic E-state index is 0.393. The quantitative estimate of drug-likeness (QED) is 0.782. The van der Waals surface area contributed by atoms with Gasteiger partial charge >= 0.3 is 0 Å². The average molecular weight is 258 g/mol. The van der Waals surface area contributed by atoms with E-state index in [4.69, 9.17) is 4.74 Å². The number of nitrogens with zero attached hydrogens (tertiary/aromatic N) is 1. The normalized spacial score (nSPS) is 27.0. The standard InChI is InChI=1S/C13H26N2OS/c1-13(2)10-15(6-7-17-13)12(9-16-3)8-14-11-4-5-11/h11-12,14H,4-10H2,1-3H3. The zero-order valence-corrected chi connectivity index (χ0v) is 12.2. The molecule has 1 atom stereocenters. The van der Waals surface area contributed by atoms with Crippen molar-refractivity contribution in [2.24, 2.45) is 0 Å². The van der Waals surface area contributed by atoms with Gasteiger partial charge in [-0.3, -0.25) is 4.90 Å². The first-order valence-corrected chi connectivity index (χ1v) is 7.69. The van der Waals surface area contributed by atoms with Gasteiger partial charge in [0.15, 0.2) is 0 Å². The molecular formula is C13H26N2OS. The lowest BCUT2D eigenvalue weighted by Crippen LogP contribution is -2.53. The van der Waals surface area contributed by atoms with Crippen LogP contribution in [0.5, 0.6) is 0 Å². The van der Waals surface area contributed by atoms with E-state index in [1.165, 1.54) is 31.7 Å². The maximum absolute atomic E-state index is 5.39. The Morgan fingerprint density at radius 2 is 2.24 bits per heavy atom. The van der Waals surface area contributed by atoms with E-state index in [9.17, 15) is 0 Å². The Kier molecular flexibility index (Phi) is 4.75. The molecule has 0 aromatic rings. The highest BCUT2D eigenvalue weighted by Crippen LogP contribution is 2.30. The molecule has 100 valence electrons. The summed E-state index contributed by atoms with van der Waals surface area (Å²) in [5.41, 5.74) is 0. The molecule has 1 aliphatic carbocycles. The lowest BCUT2D eigenvalue weighted by atomic mass is 10.1. The Labute approximate surface area is 110 Å². The number of ether oxygens (including phenoxy) is 1. The fraction of sp³-hybridized carbons (Fsp3) is 1.00. The Bertz CT molecular complexity index is 244. The number of rotatable bonds is 6. The van der Waals surface area contributed by atoms with Gasteiger partial charge in [-0.15, -0.1) is 0 Å². The third kappa shape index (κ3) is 4.43. The van der Waals surface area contributed by atoms with E-state index in [2.05, 4.69) is 35.8 Å². The van der Waals surface area contributed by atoms with Crippen molar-refractivity contribution in [3.8, 4) is 0 Å². The molecule has 0 amide bonds. The predicted molar refractivity (Wildman–Crippen MR) is 74.8 cm³/mol. The summed E-state index contributed by atoms with van der Waals surface area (Å²) in [7, 11) is 1.81. The number of nitrogens with one attached hydrogen (secondary N) is 1. The van der Waals surface area contributed by atoms with Crippen LogP contribution in [0.1, 0.15) is 26.7 Å². The van der Waals surface area contributed by atoms with Crippen LogP contribution in [0.4, 0.5) is 0 Å². The van der Waals surface area contributed by atoms with Crippen molar-refractivity contribution in [3.63, 3.8) is 0 Å². The van der Waals surface area contributed by atoms with E-state index in [-0.39, 0.29) is 0 Å². The molecule has 1 saturated heterocycles. The van der Waals surface area contributed by atoms with E-state index in [0.717, 1.165) is 19.2 Å². The van der Waals surface area contributed by atoms with E-state index in [0.29, 0.717) is 10.8 Å². The highest BCUT2D eigenvalue weighted by atomic mass is 32.2. The summed E-state index contributed by atoms with van der Waals surface area (Å²) >= 11 is 2.09.